The van der Waals surface area contributed by atoms with Gasteiger partial charge in [0, 0.05) is 101 Å². The van der Waals surface area contributed by atoms with Gasteiger partial charge in [-0.3, -0.25) is 15.1 Å². The van der Waals surface area contributed by atoms with E-state index in [1.807, 2.05) is 26.0 Å². The molecule has 1 aromatic heterocycles. The number of hydrogen-bond acceptors (Lipinski definition) is 9. The van der Waals surface area contributed by atoms with E-state index in [1.54, 1.807) is 39.5 Å². The van der Waals surface area contributed by atoms with Crippen molar-refractivity contribution >= 4 is 96.7 Å². The Hall–Kier alpha value is 0.890. The van der Waals surface area contributed by atoms with Crippen molar-refractivity contribution < 1.29 is 4.92 Å². The van der Waals surface area contributed by atoms with Gasteiger partial charge in [0.2, 0.25) is 0 Å². The summed E-state index contributed by atoms with van der Waals surface area (Å²) >= 11 is 7.05. The van der Waals surface area contributed by atoms with E-state index >= 15 is 0 Å². The molecule has 0 saturated heterocycles. The van der Waals surface area contributed by atoms with E-state index in [9.17, 15) is 10.1 Å². The number of fused-ring (bicyclic) bond motifs is 2. The molecule has 0 N–H and O–H groups in total. The maximum Gasteiger partial charge on any atom is 0.269 e. The highest BCUT2D eigenvalue weighted by molar-refractivity contribution is 14.2. The van der Waals surface area contributed by atoms with E-state index in [0.29, 0.717) is 0 Å². The van der Waals surface area contributed by atoms with Gasteiger partial charge in [-0.25, -0.2) is 12.9 Å². The first kappa shape index (κ1) is 30.1. The number of nitrogens with zero attached hydrogens (tertiary/aromatic N) is 5. The molecule has 2 aromatic rings. The van der Waals surface area contributed by atoms with Crippen LogP contribution in [-0.2, 0) is 19.5 Å². The lowest BCUT2D eigenvalue weighted by atomic mass is 10.0. The summed E-state index contributed by atoms with van der Waals surface area (Å²) in [6, 6.07) is 13.4. The quantitative estimate of drug-likeness (QED) is 0.127. The van der Waals surface area contributed by atoms with Gasteiger partial charge in [0.05, 0.1) is 29.4 Å². The second-order valence-corrected chi connectivity index (χ2v) is 12.4. The van der Waals surface area contributed by atoms with Crippen LogP contribution in [0.1, 0.15) is 30.8 Å². The molecule has 1 aliphatic heterocycles. The largest absolute Gasteiger partial charge is 0.269 e. The summed E-state index contributed by atoms with van der Waals surface area (Å²) < 4.78 is 7.12. The second kappa shape index (κ2) is 16.6. The van der Waals surface area contributed by atoms with Gasteiger partial charge in [0.1, 0.15) is 0 Å². The summed E-state index contributed by atoms with van der Waals surface area (Å²) in [5, 5.41) is 11.0. The van der Waals surface area contributed by atoms with Crippen molar-refractivity contribution in [3.05, 3.63) is 69.5 Å². The average Bonchev–Trinajstić information content (AvgIpc) is 2.84. The van der Waals surface area contributed by atoms with Crippen molar-refractivity contribution in [3.8, 4) is 0 Å². The maximum absolute atomic E-state index is 11.0. The number of aromatic nitrogens is 1. The van der Waals surface area contributed by atoms with Gasteiger partial charge in [-0.2, -0.15) is 0 Å². The molecule has 0 saturated carbocycles. The zero-order chi connectivity index (χ0) is 24.2. The first-order valence-electron chi connectivity index (χ1n) is 10.3. The number of non-ortho nitro benzene ring substituents is 1. The van der Waals surface area contributed by atoms with Gasteiger partial charge >= 0.3 is 0 Å². The van der Waals surface area contributed by atoms with Gasteiger partial charge in [-0.05, 0) is 51.5 Å². The first-order valence-corrected chi connectivity index (χ1v) is 20.3. The molecule has 33 heavy (non-hydrogen) atoms. The van der Waals surface area contributed by atoms with Crippen LogP contribution < -0.4 is 0 Å². The Labute approximate surface area is 245 Å². The van der Waals surface area contributed by atoms with Gasteiger partial charge in [-0.1, -0.05) is 32.0 Å². The number of nitro groups is 1. The Bertz CT molecular complexity index is 869. The molecule has 0 amide bonds. The minimum Gasteiger partial charge on any atom is -0.258 e. The Morgan fingerprint density at radius 2 is 1.58 bits per heavy atom. The maximum atomic E-state index is 11.0. The van der Waals surface area contributed by atoms with E-state index in [-0.39, 0.29) is 16.7 Å². The summed E-state index contributed by atoms with van der Waals surface area (Å²) in [5.74, 6) is 0. The molecule has 1 unspecified atom stereocenters. The molecule has 7 nitrogen and oxygen atoms in total. The van der Waals surface area contributed by atoms with Crippen LogP contribution in [0.2, 0.25) is 0 Å². The molecule has 0 spiro atoms. The zero-order valence-electron chi connectivity index (χ0n) is 18.3. The molecule has 3 rings (SSSR count). The summed E-state index contributed by atoms with van der Waals surface area (Å²) in [7, 11) is 5.17. The summed E-state index contributed by atoms with van der Waals surface area (Å²) in [6.07, 6.45) is 0.812. The minimum absolute atomic E-state index is 0.129. The van der Waals surface area contributed by atoms with Gasteiger partial charge in [0.15, 0.2) is 0 Å². The van der Waals surface area contributed by atoms with Gasteiger partial charge < -0.3 is 0 Å². The number of pyridine rings is 1. The third-order valence-corrected chi connectivity index (χ3v) is 11.3. The normalized spacial score (nSPS) is 18.5. The van der Waals surface area contributed by atoms with Gasteiger partial charge in [0.25, 0.3) is 5.69 Å². The Balaban J connectivity index is 0.00000187. The highest BCUT2D eigenvalue weighted by atomic mass is 127. The summed E-state index contributed by atoms with van der Waals surface area (Å²) in [4.78, 5) is 15.6. The number of benzene rings is 1. The lowest BCUT2D eigenvalue weighted by Crippen LogP contribution is -2.41. The molecule has 0 fully saturated rings. The van der Waals surface area contributed by atoms with Crippen LogP contribution in [-0.4, -0.2) is 48.5 Å². The SMILES string of the molecule is CC.O=[N+]([O-])c1ccc(CC2CN(SI)CCN(SI)Cc3cccc(n3)CN2SI)cc1. The number of nitro benzene ring substituents is 1. The second-order valence-electron chi connectivity index (χ2n) is 6.94. The van der Waals surface area contributed by atoms with Crippen LogP contribution >= 0.6 is 91.0 Å². The summed E-state index contributed by atoms with van der Waals surface area (Å²) in [5.41, 5.74) is 3.37. The summed E-state index contributed by atoms with van der Waals surface area (Å²) in [6.45, 7) is 8.35. The fourth-order valence-corrected chi connectivity index (χ4v) is 7.90. The van der Waals surface area contributed by atoms with E-state index in [0.717, 1.165) is 56.1 Å². The van der Waals surface area contributed by atoms with Crippen molar-refractivity contribution in [2.24, 2.45) is 0 Å². The van der Waals surface area contributed by atoms with E-state index in [2.05, 4.69) is 94.7 Å². The molecular weight excluding hydrogens is 819 g/mol. The van der Waals surface area contributed by atoms with Crippen molar-refractivity contribution in [2.75, 3.05) is 19.6 Å². The Morgan fingerprint density at radius 1 is 0.970 bits per heavy atom. The topological polar surface area (TPSA) is 65.8 Å². The fourth-order valence-electron chi connectivity index (χ4n) is 3.29. The molecular formula is C20H26I3N5O2S3. The number of rotatable bonds is 6. The molecule has 182 valence electrons. The highest BCUT2D eigenvalue weighted by Gasteiger charge is 2.25. The molecule has 13 heteroatoms. The third kappa shape index (κ3) is 10.0. The van der Waals surface area contributed by atoms with E-state index < -0.39 is 0 Å². The molecule has 0 aliphatic carbocycles. The van der Waals surface area contributed by atoms with Crippen LogP contribution in [0.3, 0.4) is 0 Å². The van der Waals surface area contributed by atoms with Crippen LogP contribution in [0.5, 0.6) is 0 Å². The Morgan fingerprint density at radius 3 is 2.15 bits per heavy atom. The van der Waals surface area contributed by atoms with Crippen LogP contribution in [0.15, 0.2) is 42.5 Å². The Kier molecular flexibility index (Phi) is 15.1. The smallest absolute Gasteiger partial charge is 0.258 e. The fraction of sp³-hybridized carbons (Fsp3) is 0.450. The number of hydrogen-bond donors (Lipinski definition) is 0. The van der Waals surface area contributed by atoms with Gasteiger partial charge in [-0.15, -0.1) is 0 Å². The third-order valence-electron chi connectivity index (χ3n) is 4.84. The molecule has 1 aromatic carbocycles. The zero-order valence-corrected chi connectivity index (χ0v) is 27.2. The van der Waals surface area contributed by atoms with Crippen LogP contribution in [0, 0.1) is 10.1 Å². The molecule has 2 heterocycles. The van der Waals surface area contributed by atoms with E-state index in [1.165, 1.54) is 0 Å². The van der Waals surface area contributed by atoms with Crippen LogP contribution in [0.25, 0.3) is 0 Å². The standard InChI is InChI=1S/C18H20I3N5O2S3.C2H6/c19-29-23-8-9-24(30-20)13-18(10-14-4-6-17(7-5-14)26(27)28)25(31-21)12-16-3-1-2-15(11-23)22-16;1-2/h1-7,18H,8-13H2;1-2H3. The molecule has 2 bridgehead atoms. The van der Waals surface area contributed by atoms with Crippen LogP contribution in [0.4, 0.5) is 5.69 Å². The predicted octanol–water partition coefficient (Wildman–Crippen LogP) is 7.54. The van der Waals surface area contributed by atoms with Crippen molar-refractivity contribution in [1.29, 1.82) is 0 Å². The minimum atomic E-state index is -0.350. The van der Waals surface area contributed by atoms with Crippen molar-refractivity contribution in [3.63, 3.8) is 0 Å². The number of halogens is 3. The lowest BCUT2D eigenvalue weighted by Gasteiger charge is -2.33. The molecule has 0 radical (unpaired) electrons. The van der Waals surface area contributed by atoms with Crippen molar-refractivity contribution in [2.45, 2.75) is 39.4 Å². The molecule has 1 atom stereocenters. The first-order chi connectivity index (χ1) is 16.0. The molecule has 1 aliphatic rings. The van der Waals surface area contributed by atoms with Crippen molar-refractivity contribution in [1.82, 2.24) is 17.9 Å². The lowest BCUT2D eigenvalue weighted by molar-refractivity contribution is -0.384. The average molecular weight is 845 g/mol. The highest BCUT2D eigenvalue weighted by Crippen LogP contribution is 2.30. The predicted molar refractivity (Wildman–Crippen MR) is 169 cm³/mol. The monoisotopic (exact) mass is 845 g/mol. The van der Waals surface area contributed by atoms with E-state index in [4.69, 9.17) is 4.98 Å².